The van der Waals surface area contributed by atoms with Gasteiger partial charge in [-0.25, -0.2) is 0 Å². The van der Waals surface area contributed by atoms with Crippen LogP contribution in [0.5, 0.6) is 5.75 Å². The van der Waals surface area contributed by atoms with Crippen LogP contribution in [0.3, 0.4) is 0 Å². The number of rotatable bonds is 9. The molecule has 0 saturated carbocycles. The van der Waals surface area contributed by atoms with Gasteiger partial charge in [0.05, 0.1) is 12.6 Å². The van der Waals surface area contributed by atoms with Gasteiger partial charge >= 0.3 is 0 Å². The van der Waals surface area contributed by atoms with E-state index in [1.165, 1.54) is 12.8 Å². The highest BCUT2D eigenvalue weighted by molar-refractivity contribution is 5.34. The van der Waals surface area contributed by atoms with Crippen molar-refractivity contribution in [1.29, 1.82) is 0 Å². The molecule has 0 radical (unpaired) electrons. The number of hydrogen-bond donors (Lipinski definition) is 1. The molecule has 3 nitrogen and oxygen atoms in total. The first-order valence-corrected chi connectivity index (χ1v) is 8.18. The minimum Gasteiger partial charge on any atom is -0.497 e. The molecule has 0 bridgehead atoms. The molecule has 2 N–H and O–H groups in total. The van der Waals surface area contributed by atoms with Crippen LogP contribution >= 0.6 is 0 Å². The molecule has 1 aromatic carbocycles. The van der Waals surface area contributed by atoms with Crippen LogP contribution in [-0.2, 0) is 5.54 Å². The second-order valence-corrected chi connectivity index (χ2v) is 5.89. The largest absolute Gasteiger partial charge is 0.497 e. The average Bonchev–Trinajstić information content (AvgIpc) is 2.51. The molecular formula is C18H32N2O. The van der Waals surface area contributed by atoms with Crippen LogP contribution in [0.2, 0.25) is 0 Å². The molecule has 0 saturated heterocycles. The first kappa shape index (κ1) is 18.0. The molecular weight excluding hydrogens is 260 g/mol. The Hall–Kier alpha value is -1.06. The number of benzene rings is 1. The van der Waals surface area contributed by atoms with E-state index in [2.05, 4.69) is 44.7 Å². The highest BCUT2D eigenvalue weighted by Crippen LogP contribution is 2.31. The van der Waals surface area contributed by atoms with Crippen LogP contribution in [0, 0.1) is 0 Å². The summed E-state index contributed by atoms with van der Waals surface area (Å²) in [7, 11) is 1.70. The molecule has 120 valence electrons. The molecule has 0 spiro atoms. The molecule has 21 heavy (non-hydrogen) atoms. The van der Waals surface area contributed by atoms with Crippen molar-refractivity contribution in [1.82, 2.24) is 4.90 Å². The topological polar surface area (TPSA) is 38.5 Å². The maximum Gasteiger partial charge on any atom is 0.119 e. The molecule has 1 aromatic rings. The van der Waals surface area contributed by atoms with E-state index < -0.39 is 0 Å². The zero-order valence-corrected chi connectivity index (χ0v) is 14.4. The van der Waals surface area contributed by atoms with E-state index in [4.69, 9.17) is 10.5 Å². The van der Waals surface area contributed by atoms with Gasteiger partial charge in [0.1, 0.15) is 5.75 Å². The summed E-state index contributed by atoms with van der Waals surface area (Å²) < 4.78 is 5.35. The van der Waals surface area contributed by atoms with Crippen LogP contribution in [0.4, 0.5) is 0 Å². The quantitative estimate of drug-likeness (QED) is 0.753. The third-order valence-corrected chi connectivity index (χ3v) is 4.47. The van der Waals surface area contributed by atoms with Crippen LogP contribution < -0.4 is 10.5 Å². The van der Waals surface area contributed by atoms with Gasteiger partial charge in [-0.05, 0) is 44.1 Å². The van der Waals surface area contributed by atoms with E-state index in [1.54, 1.807) is 7.11 Å². The van der Waals surface area contributed by atoms with E-state index in [1.807, 2.05) is 12.1 Å². The van der Waals surface area contributed by atoms with Crippen molar-refractivity contribution in [3.63, 3.8) is 0 Å². The minimum atomic E-state index is -0.379. The number of unbranched alkanes of at least 4 members (excludes halogenated alkanes) is 1. The highest BCUT2D eigenvalue weighted by Gasteiger charge is 2.34. The Morgan fingerprint density at radius 3 is 2.43 bits per heavy atom. The Morgan fingerprint density at radius 1 is 1.24 bits per heavy atom. The smallest absolute Gasteiger partial charge is 0.119 e. The van der Waals surface area contributed by atoms with Gasteiger partial charge in [0.2, 0.25) is 0 Å². The molecule has 0 aliphatic carbocycles. The Morgan fingerprint density at radius 2 is 1.90 bits per heavy atom. The molecule has 0 aromatic heterocycles. The second kappa shape index (κ2) is 8.40. The van der Waals surface area contributed by atoms with Gasteiger partial charge in [0.15, 0.2) is 0 Å². The molecule has 0 heterocycles. The Labute approximate surface area is 130 Å². The fourth-order valence-corrected chi connectivity index (χ4v) is 3.07. The number of likely N-dealkylation sites (N-methyl/N-ethyl adjacent to an activating group) is 1. The zero-order valence-electron chi connectivity index (χ0n) is 14.4. The summed E-state index contributed by atoms with van der Waals surface area (Å²) in [4.78, 5) is 2.48. The normalized spacial score (nSPS) is 15.8. The summed E-state index contributed by atoms with van der Waals surface area (Å²) in [5.41, 5.74) is 7.57. The van der Waals surface area contributed by atoms with E-state index in [0.29, 0.717) is 6.04 Å². The first-order chi connectivity index (χ1) is 10.0. The van der Waals surface area contributed by atoms with Crippen molar-refractivity contribution in [3.05, 3.63) is 29.8 Å². The van der Waals surface area contributed by atoms with Crippen molar-refractivity contribution in [3.8, 4) is 5.75 Å². The van der Waals surface area contributed by atoms with E-state index >= 15 is 0 Å². The lowest BCUT2D eigenvalue weighted by molar-refractivity contribution is 0.128. The summed E-state index contributed by atoms with van der Waals surface area (Å²) in [6, 6.07) is 8.53. The standard InChI is InChI=1S/C18H32N2O/c1-6-9-13-17(20(7-2)8-3)18(4,19)15-11-10-12-16(14-15)21-5/h10-12,14,17H,6-9,13,19H2,1-5H3. The van der Waals surface area contributed by atoms with Crippen molar-refractivity contribution in [2.45, 2.75) is 58.5 Å². The minimum absolute atomic E-state index is 0.347. The maximum absolute atomic E-state index is 6.80. The Bertz CT molecular complexity index is 413. The monoisotopic (exact) mass is 292 g/mol. The van der Waals surface area contributed by atoms with Gasteiger partial charge in [-0.15, -0.1) is 0 Å². The van der Waals surface area contributed by atoms with Gasteiger partial charge in [-0.1, -0.05) is 45.7 Å². The molecule has 0 aliphatic rings. The summed E-state index contributed by atoms with van der Waals surface area (Å²) >= 11 is 0. The summed E-state index contributed by atoms with van der Waals surface area (Å²) in [5.74, 6) is 0.873. The number of ether oxygens (including phenoxy) is 1. The van der Waals surface area contributed by atoms with Gasteiger partial charge in [-0.2, -0.15) is 0 Å². The first-order valence-electron chi connectivity index (χ1n) is 8.18. The van der Waals surface area contributed by atoms with Crippen LogP contribution in [0.1, 0.15) is 52.5 Å². The number of nitrogens with zero attached hydrogens (tertiary/aromatic N) is 1. The zero-order chi connectivity index (χ0) is 15.9. The third-order valence-electron chi connectivity index (χ3n) is 4.47. The van der Waals surface area contributed by atoms with Crippen LogP contribution in [0.25, 0.3) is 0 Å². The highest BCUT2D eigenvalue weighted by atomic mass is 16.5. The summed E-state index contributed by atoms with van der Waals surface area (Å²) in [6.07, 6.45) is 3.53. The average molecular weight is 292 g/mol. The molecule has 0 aliphatic heterocycles. The Kier molecular flexibility index (Phi) is 7.20. The molecule has 0 fully saturated rings. The van der Waals surface area contributed by atoms with Crippen molar-refractivity contribution in [2.24, 2.45) is 5.73 Å². The van der Waals surface area contributed by atoms with Crippen LogP contribution in [-0.4, -0.2) is 31.1 Å². The third kappa shape index (κ3) is 4.45. The fourth-order valence-electron chi connectivity index (χ4n) is 3.07. The predicted molar refractivity (Wildman–Crippen MR) is 90.8 cm³/mol. The van der Waals surface area contributed by atoms with Crippen LogP contribution in [0.15, 0.2) is 24.3 Å². The van der Waals surface area contributed by atoms with E-state index in [-0.39, 0.29) is 5.54 Å². The number of methoxy groups -OCH3 is 1. The lowest BCUT2D eigenvalue weighted by Crippen LogP contribution is -2.54. The van der Waals surface area contributed by atoms with Gasteiger partial charge < -0.3 is 10.5 Å². The second-order valence-electron chi connectivity index (χ2n) is 5.89. The van der Waals surface area contributed by atoms with Gasteiger partial charge in [-0.3, -0.25) is 4.90 Å². The van der Waals surface area contributed by atoms with Gasteiger partial charge in [0.25, 0.3) is 0 Å². The van der Waals surface area contributed by atoms with Gasteiger partial charge in [0, 0.05) is 6.04 Å². The molecule has 1 rings (SSSR count). The van der Waals surface area contributed by atoms with E-state index in [9.17, 15) is 0 Å². The molecule has 3 heteroatoms. The SMILES string of the molecule is CCCCC(N(CC)CC)C(C)(N)c1cccc(OC)c1. The van der Waals surface area contributed by atoms with Crippen molar-refractivity contribution >= 4 is 0 Å². The number of hydrogen-bond acceptors (Lipinski definition) is 3. The Balaban J connectivity index is 3.11. The summed E-state index contributed by atoms with van der Waals surface area (Å²) in [5, 5.41) is 0. The number of nitrogens with two attached hydrogens (primary N) is 1. The molecule has 2 unspecified atom stereocenters. The molecule has 2 atom stereocenters. The fraction of sp³-hybridized carbons (Fsp3) is 0.667. The maximum atomic E-state index is 6.80. The lowest BCUT2D eigenvalue weighted by Gasteiger charge is -2.42. The predicted octanol–water partition coefficient (Wildman–Crippen LogP) is 3.77. The lowest BCUT2D eigenvalue weighted by atomic mass is 9.81. The molecule has 0 amide bonds. The van der Waals surface area contributed by atoms with Crippen molar-refractivity contribution < 1.29 is 4.74 Å². The van der Waals surface area contributed by atoms with E-state index in [0.717, 1.165) is 30.8 Å². The summed E-state index contributed by atoms with van der Waals surface area (Å²) in [6.45, 7) is 10.9. The van der Waals surface area contributed by atoms with Crippen molar-refractivity contribution in [2.75, 3.05) is 20.2 Å².